The first-order chi connectivity index (χ1) is 17.0. The topological polar surface area (TPSA) is 110 Å². The third-order valence-corrected chi connectivity index (χ3v) is 7.53. The zero-order chi connectivity index (χ0) is 25.8. The van der Waals surface area contributed by atoms with Gasteiger partial charge in [0.1, 0.15) is 17.8 Å². The molecule has 2 fully saturated rings. The van der Waals surface area contributed by atoms with Crippen LogP contribution in [0.15, 0.2) is 18.3 Å². The summed E-state index contributed by atoms with van der Waals surface area (Å²) in [5.41, 5.74) is 2.25. The maximum atomic E-state index is 13.9. The number of nitrogens with zero attached hydrogens (tertiary/aromatic N) is 4. The fraction of sp³-hybridized carbons (Fsp3) is 0.615. The van der Waals surface area contributed by atoms with Crippen LogP contribution < -0.4 is 10.1 Å². The molecule has 9 nitrogen and oxygen atoms in total. The second-order valence-corrected chi connectivity index (χ2v) is 11.8. The van der Waals surface area contributed by atoms with E-state index >= 15 is 0 Å². The number of amides is 2. The third kappa shape index (κ3) is 4.83. The maximum absolute atomic E-state index is 13.9. The van der Waals surface area contributed by atoms with Gasteiger partial charge in [0, 0.05) is 42.1 Å². The smallest absolute Gasteiger partial charge is 0.248 e. The van der Waals surface area contributed by atoms with E-state index in [4.69, 9.17) is 16.3 Å². The maximum Gasteiger partial charge on any atom is 0.248 e. The molecule has 1 aromatic carbocycles. The highest BCUT2D eigenvalue weighted by Crippen LogP contribution is 2.41. The number of ether oxygens (including phenoxy) is 1. The van der Waals surface area contributed by atoms with E-state index in [1.165, 1.54) is 4.90 Å². The van der Waals surface area contributed by atoms with Gasteiger partial charge in [-0.05, 0) is 42.9 Å². The Kier molecular flexibility index (Phi) is 6.49. The molecule has 1 aliphatic carbocycles. The van der Waals surface area contributed by atoms with Crippen molar-refractivity contribution in [2.45, 2.75) is 83.5 Å². The van der Waals surface area contributed by atoms with Crippen molar-refractivity contribution in [2.75, 3.05) is 13.2 Å². The molecule has 2 amide bonds. The lowest BCUT2D eigenvalue weighted by atomic mass is 9.85. The Morgan fingerprint density at radius 3 is 2.72 bits per heavy atom. The van der Waals surface area contributed by atoms with Gasteiger partial charge in [0.15, 0.2) is 0 Å². The second kappa shape index (κ2) is 9.34. The van der Waals surface area contributed by atoms with Gasteiger partial charge in [0.05, 0.1) is 24.4 Å². The standard InChI is InChI=1S/C26H34ClN5O4/c1-14(19-10-17(27)9-16-7-8-36-22(16)19)28-24(34)21-11-18(33)12-31(21)25(35)23(26(2,3)4)32-13-20(29-30-32)15-5-6-15/h9-10,13-15,18,21,23,33H,5-8,11-12H2,1-4H3,(H,28,34)/t14?,18?,21?,23-/m1/s1. The van der Waals surface area contributed by atoms with Crippen molar-refractivity contribution < 1.29 is 19.4 Å². The summed E-state index contributed by atoms with van der Waals surface area (Å²) in [6.45, 7) is 8.46. The number of halogens is 1. The molecule has 0 bridgehead atoms. The highest BCUT2D eigenvalue weighted by molar-refractivity contribution is 6.30. The van der Waals surface area contributed by atoms with Gasteiger partial charge < -0.3 is 20.1 Å². The predicted molar refractivity (Wildman–Crippen MR) is 134 cm³/mol. The Balaban J connectivity index is 1.36. The number of carbonyl (C=O) groups excluding carboxylic acids is 2. The highest BCUT2D eigenvalue weighted by atomic mass is 35.5. The molecular weight excluding hydrogens is 482 g/mol. The molecule has 2 N–H and O–H groups in total. The monoisotopic (exact) mass is 515 g/mol. The van der Waals surface area contributed by atoms with E-state index in [0.717, 1.165) is 41.8 Å². The Morgan fingerprint density at radius 2 is 2.03 bits per heavy atom. The molecule has 1 saturated carbocycles. The minimum atomic E-state index is -0.792. The average Bonchev–Trinajstić information content (AvgIpc) is 3.17. The number of aromatic nitrogens is 3. The number of aliphatic hydroxyl groups is 1. The summed E-state index contributed by atoms with van der Waals surface area (Å²) in [6.07, 6.45) is 4.21. The average molecular weight is 516 g/mol. The fourth-order valence-corrected chi connectivity index (χ4v) is 5.58. The van der Waals surface area contributed by atoms with Crippen molar-refractivity contribution in [3.8, 4) is 5.75 Å². The van der Waals surface area contributed by atoms with Gasteiger partial charge in [-0.25, -0.2) is 4.68 Å². The quantitative estimate of drug-likeness (QED) is 0.611. The van der Waals surface area contributed by atoms with E-state index < -0.39 is 23.6 Å². The summed E-state index contributed by atoms with van der Waals surface area (Å²) in [5, 5.41) is 22.7. The second-order valence-electron chi connectivity index (χ2n) is 11.4. The minimum absolute atomic E-state index is 0.0950. The molecule has 3 heterocycles. The van der Waals surface area contributed by atoms with E-state index in [9.17, 15) is 14.7 Å². The third-order valence-electron chi connectivity index (χ3n) is 7.31. The molecule has 194 valence electrons. The Hall–Kier alpha value is -2.65. The van der Waals surface area contributed by atoms with Crippen molar-refractivity contribution in [1.29, 1.82) is 0 Å². The van der Waals surface area contributed by atoms with Gasteiger partial charge >= 0.3 is 0 Å². The molecule has 0 radical (unpaired) electrons. The van der Waals surface area contributed by atoms with Crippen molar-refractivity contribution in [2.24, 2.45) is 5.41 Å². The van der Waals surface area contributed by atoms with Crippen LogP contribution in [0.5, 0.6) is 5.75 Å². The van der Waals surface area contributed by atoms with E-state index in [1.807, 2.05) is 40.0 Å². The molecule has 10 heteroatoms. The minimum Gasteiger partial charge on any atom is -0.493 e. The van der Waals surface area contributed by atoms with Crippen LogP contribution in [0, 0.1) is 5.41 Å². The molecule has 36 heavy (non-hydrogen) atoms. The molecule has 1 aromatic heterocycles. The van der Waals surface area contributed by atoms with Crippen molar-refractivity contribution >= 4 is 23.4 Å². The van der Waals surface area contributed by atoms with Crippen LogP contribution in [-0.2, 0) is 16.0 Å². The molecule has 3 aliphatic rings. The summed E-state index contributed by atoms with van der Waals surface area (Å²) < 4.78 is 7.43. The highest BCUT2D eigenvalue weighted by Gasteiger charge is 2.45. The molecule has 5 rings (SSSR count). The zero-order valence-corrected chi connectivity index (χ0v) is 22.0. The Labute approximate surface area is 216 Å². The van der Waals surface area contributed by atoms with Crippen LogP contribution >= 0.6 is 11.6 Å². The lowest BCUT2D eigenvalue weighted by molar-refractivity contribution is -0.144. The lowest BCUT2D eigenvalue weighted by Crippen LogP contribution is -2.50. The van der Waals surface area contributed by atoms with Crippen LogP contribution in [0.25, 0.3) is 0 Å². The summed E-state index contributed by atoms with van der Waals surface area (Å²) >= 11 is 6.31. The van der Waals surface area contributed by atoms with Gasteiger partial charge in [-0.3, -0.25) is 9.59 Å². The molecule has 2 aromatic rings. The van der Waals surface area contributed by atoms with Crippen LogP contribution in [0.2, 0.25) is 5.02 Å². The van der Waals surface area contributed by atoms with Crippen molar-refractivity contribution in [3.63, 3.8) is 0 Å². The largest absolute Gasteiger partial charge is 0.493 e. The summed E-state index contributed by atoms with van der Waals surface area (Å²) in [6, 6.07) is 1.87. The molecule has 3 unspecified atom stereocenters. The van der Waals surface area contributed by atoms with E-state index in [2.05, 4.69) is 15.6 Å². The number of β-amino-alcohol motifs (C(OH)–C–C–N with tert-alkyl or cyclic N) is 1. The van der Waals surface area contributed by atoms with Crippen LogP contribution in [0.3, 0.4) is 0 Å². The van der Waals surface area contributed by atoms with E-state index in [1.54, 1.807) is 10.7 Å². The van der Waals surface area contributed by atoms with Gasteiger partial charge in [-0.2, -0.15) is 0 Å². The zero-order valence-electron chi connectivity index (χ0n) is 21.2. The number of hydrogen-bond donors (Lipinski definition) is 2. The summed E-state index contributed by atoms with van der Waals surface area (Å²) in [4.78, 5) is 28.9. The summed E-state index contributed by atoms with van der Waals surface area (Å²) in [7, 11) is 0. The Morgan fingerprint density at radius 1 is 1.28 bits per heavy atom. The van der Waals surface area contributed by atoms with E-state index in [-0.39, 0.29) is 30.8 Å². The first-order valence-corrected chi connectivity index (χ1v) is 13.1. The number of carbonyl (C=O) groups is 2. The Bertz CT molecular complexity index is 1170. The first kappa shape index (κ1) is 25.0. The summed E-state index contributed by atoms with van der Waals surface area (Å²) in [5.74, 6) is 0.618. The number of aliphatic hydroxyl groups excluding tert-OH is 1. The SMILES string of the molecule is CC(NC(=O)C1CC(O)CN1C(=O)[C@@H](n1cc(C2CC2)nn1)C(C)(C)C)c1cc(Cl)cc2c1OCC2. The molecule has 0 spiro atoms. The van der Waals surface area contributed by atoms with Crippen LogP contribution in [0.4, 0.5) is 0 Å². The van der Waals surface area contributed by atoms with Crippen molar-refractivity contribution in [3.05, 3.63) is 40.2 Å². The van der Waals surface area contributed by atoms with Gasteiger partial charge in [-0.15, -0.1) is 5.10 Å². The lowest BCUT2D eigenvalue weighted by Gasteiger charge is -2.35. The number of rotatable bonds is 6. The van der Waals surface area contributed by atoms with Crippen molar-refractivity contribution in [1.82, 2.24) is 25.2 Å². The first-order valence-electron chi connectivity index (χ1n) is 12.7. The number of benzene rings is 1. The molecule has 2 aliphatic heterocycles. The van der Waals surface area contributed by atoms with Gasteiger partial charge in [0.2, 0.25) is 11.8 Å². The van der Waals surface area contributed by atoms with Crippen LogP contribution in [-0.4, -0.2) is 62.1 Å². The normalized spacial score (nSPS) is 23.2. The predicted octanol–water partition coefficient (Wildman–Crippen LogP) is 3.17. The fourth-order valence-electron chi connectivity index (χ4n) is 5.33. The van der Waals surface area contributed by atoms with Gasteiger partial charge in [-0.1, -0.05) is 37.6 Å². The molecule has 1 saturated heterocycles. The number of fused-ring (bicyclic) bond motifs is 1. The van der Waals surface area contributed by atoms with Crippen LogP contribution in [0.1, 0.15) is 81.8 Å². The number of hydrogen-bond acceptors (Lipinski definition) is 6. The molecular formula is C26H34ClN5O4. The van der Waals surface area contributed by atoms with E-state index in [0.29, 0.717) is 17.5 Å². The number of nitrogens with one attached hydrogen (secondary N) is 1. The molecule has 4 atom stereocenters. The van der Waals surface area contributed by atoms with Gasteiger partial charge in [0.25, 0.3) is 0 Å². The number of likely N-dealkylation sites (tertiary alicyclic amines) is 1.